The highest BCUT2D eigenvalue weighted by molar-refractivity contribution is 6.30. The van der Waals surface area contributed by atoms with Crippen molar-refractivity contribution >= 4 is 17.5 Å². The maximum Gasteiger partial charge on any atom is 0.254 e. The highest BCUT2D eigenvalue weighted by Crippen LogP contribution is 2.31. The van der Waals surface area contributed by atoms with Crippen LogP contribution in [0.15, 0.2) is 67.0 Å². The zero-order chi connectivity index (χ0) is 20.8. The van der Waals surface area contributed by atoms with Gasteiger partial charge in [-0.05, 0) is 73.5 Å². The summed E-state index contributed by atoms with van der Waals surface area (Å²) >= 11 is 5.97. The third-order valence-corrected chi connectivity index (χ3v) is 5.94. The first kappa shape index (κ1) is 18.7. The zero-order valence-electron chi connectivity index (χ0n) is 16.8. The molecule has 0 atom stereocenters. The number of carbonyl (C=O) groups excluding carboxylic acids is 1. The van der Waals surface area contributed by atoms with Crippen molar-refractivity contribution < 1.29 is 4.79 Å². The van der Waals surface area contributed by atoms with Gasteiger partial charge in [0.1, 0.15) is 5.82 Å². The van der Waals surface area contributed by atoms with Gasteiger partial charge in [0.2, 0.25) is 0 Å². The lowest BCUT2D eigenvalue weighted by atomic mass is 10.1. The Bertz CT molecular complexity index is 1240. The van der Waals surface area contributed by atoms with Gasteiger partial charge in [-0.2, -0.15) is 5.10 Å². The summed E-state index contributed by atoms with van der Waals surface area (Å²) in [5.74, 6) is 0.963. The number of aryl methyl sites for hydroxylation is 2. The lowest BCUT2D eigenvalue weighted by Gasteiger charge is -2.18. The first-order valence-corrected chi connectivity index (χ1v) is 10.3. The van der Waals surface area contributed by atoms with Crippen LogP contribution < -0.4 is 0 Å². The normalized spacial score (nSPS) is 13.0. The van der Waals surface area contributed by atoms with Gasteiger partial charge in [-0.25, -0.2) is 4.68 Å². The number of benzene rings is 2. The minimum absolute atomic E-state index is 0.0131. The van der Waals surface area contributed by atoms with E-state index in [2.05, 4.69) is 36.6 Å². The van der Waals surface area contributed by atoms with Gasteiger partial charge in [0.05, 0.1) is 24.5 Å². The molecule has 5 nitrogen and oxygen atoms in total. The molecule has 0 saturated heterocycles. The molecule has 2 aromatic heterocycles. The smallest absolute Gasteiger partial charge is 0.254 e. The van der Waals surface area contributed by atoms with Crippen molar-refractivity contribution in [3.05, 3.63) is 100.0 Å². The largest absolute Gasteiger partial charge is 0.328 e. The number of hydrogen-bond acceptors (Lipinski definition) is 2. The van der Waals surface area contributed by atoms with Crippen molar-refractivity contribution in [2.24, 2.45) is 0 Å². The van der Waals surface area contributed by atoms with Gasteiger partial charge < -0.3 is 9.47 Å². The minimum Gasteiger partial charge on any atom is -0.328 e. The Morgan fingerprint density at radius 1 is 0.967 bits per heavy atom. The summed E-state index contributed by atoms with van der Waals surface area (Å²) in [7, 11) is 0. The van der Waals surface area contributed by atoms with E-state index in [0.717, 1.165) is 22.8 Å². The third-order valence-electron chi connectivity index (χ3n) is 5.69. The predicted octanol–water partition coefficient (Wildman–Crippen LogP) is 5.09. The van der Waals surface area contributed by atoms with Crippen LogP contribution in [0.2, 0.25) is 5.02 Å². The van der Waals surface area contributed by atoms with Crippen molar-refractivity contribution in [3.8, 4) is 11.5 Å². The fourth-order valence-electron chi connectivity index (χ4n) is 3.90. The molecule has 0 radical (unpaired) electrons. The molecule has 0 N–H and O–H groups in total. The SMILES string of the molecule is Cc1ccc(-n2nc3c(c2-n2cccc2)CN(C(=O)c2ccc(Cl)cc2)C3)cc1C. The Balaban J connectivity index is 1.54. The molecule has 1 aliphatic heterocycles. The molecule has 4 aromatic rings. The topological polar surface area (TPSA) is 43.1 Å². The molecule has 0 saturated carbocycles. The molecule has 0 spiro atoms. The van der Waals surface area contributed by atoms with E-state index in [4.69, 9.17) is 16.7 Å². The number of rotatable bonds is 3. The molecule has 0 fully saturated rings. The van der Waals surface area contributed by atoms with Crippen molar-refractivity contribution in [3.63, 3.8) is 0 Å². The molecule has 150 valence electrons. The van der Waals surface area contributed by atoms with Crippen LogP contribution in [0.1, 0.15) is 32.7 Å². The number of carbonyl (C=O) groups is 1. The Morgan fingerprint density at radius 2 is 1.70 bits per heavy atom. The van der Waals surface area contributed by atoms with Crippen LogP contribution in [-0.2, 0) is 13.1 Å². The van der Waals surface area contributed by atoms with Crippen LogP contribution in [0.5, 0.6) is 0 Å². The third kappa shape index (κ3) is 3.12. The number of fused-ring (bicyclic) bond motifs is 1. The van der Waals surface area contributed by atoms with E-state index in [9.17, 15) is 4.79 Å². The Labute approximate surface area is 180 Å². The lowest BCUT2D eigenvalue weighted by Crippen LogP contribution is -2.26. The second-order valence-corrected chi connectivity index (χ2v) is 8.12. The van der Waals surface area contributed by atoms with E-state index >= 15 is 0 Å². The summed E-state index contributed by atoms with van der Waals surface area (Å²) in [5.41, 5.74) is 6.13. The molecule has 2 aromatic carbocycles. The number of halogens is 1. The van der Waals surface area contributed by atoms with Gasteiger partial charge in [0.15, 0.2) is 0 Å². The van der Waals surface area contributed by atoms with Crippen molar-refractivity contribution in [1.29, 1.82) is 0 Å². The van der Waals surface area contributed by atoms with Crippen LogP contribution in [0.3, 0.4) is 0 Å². The van der Waals surface area contributed by atoms with E-state index in [0.29, 0.717) is 23.7 Å². The standard InChI is InChI=1S/C24H21ClN4O/c1-16-5-10-20(13-17(16)2)29-23(27-11-3-4-12-27)21-14-28(15-22(21)26-29)24(30)18-6-8-19(25)9-7-18/h3-13H,14-15H2,1-2H3. The number of aromatic nitrogens is 3. The Kier molecular flexibility index (Phi) is 4.48. The molecule has 1 aliphatic rings. The maximum atomic E-state index is 13.0. The Hall–Kier alpha value is -3.31. The van der Waals surface area contributed by atoms with E-state index in [1.54, 1.807) is 24.3 Å². The maximum absolute atomic E-state index is 13.0. The molecule has 0 unspecified atom stereocenters. The van der Waals surface area contributed by atoms with E-state index in [-0.39, 0.29) is 5.91 Å². The van der Waals surface area contributed by atoms with Gasteiger partial charge in [0.25, 0.3) is 5.91 Å². The first-order valence-electron chi connectivity index (χ1n) is 9.88. The van der Waals surface area contributed by atoms with Crippen molar-refractivity contribution in [2.75, 3.05) is 0 Å². The zero-order valence-corrected chi connectivity index (χ0v) is 17.6. The second kappa shape index (κ2) is 7.18. The van der Waals surface area contributed by atoms with Crippen LogP contribution >= 0.6 is 11.6 Å². The second-order valence-electron chi connectivity index (χ2n) is 7.69. The summed E-state index contributed by atoms with van der Waals surface area (Å²) in [5, 5.41) is 5.53. The van der Waals surface area contributed by atoms with Gasteiger partial charge in [-0.1, -0.05) is 17.7 Å². The highest BCUT2D eigenvalue weighted by atomic mass is 35.5. The summed E-state index contributed by atoms with van der Waals surface area (Å²) in [6, 6.07) is 17.4. The van der Waals surface area contributed by atoms with Crippen molar-refractivity contribution in [2.45, 2.75) is 26.9 Å². The van der Waals surface area contributed by atoms with E-state index < -0.39 is 0 Å². The molecule has 5 rings (SSSR count). The Morgan fingerprint density at radius 3 is 2.40 bits per heavy atom. The van der Waals surface area contributed by atoms with E-state index in [1.165, 1.54) is 11.1 Å². The molecule has 30 heavy (non-hydrogen) atoms. The van der Waals surface area contributed by atoms with Crippen LogP contribution in [0.4, 0.5) is 0 Å². The lowest BCUT2D eigenvalue weighted by molar-refractivity contribution is 0.0749. The van der Waals surface area contributed by atoms with Gasteiger partial charge in [-0.15, -0.1) is 0 Å². The molecule has 1 amide bonds. The predicted molar refractivity (Wildman–Crippen MR) is 117 cm³/mol. The summed E-state index contributed by atoms with van der Waals surface area (Å²) < 4.78 is 4.05. The molecule has 3 heterocycles. The molecule has 6 heteroatoms. The van der Waals surface area contributed by atoms with Gasteiger partial charge in [-0.3, -0.25) is 4.79 Å². The van der Waals surface area contributed by atoms with Gasteiger partial charge in [0, 0.05) is 28.5 Å². The highest BCUT2D eigenvalue weighted by Gasteiger charge is 2.31. The molecule has 0 bridgehead atoms. The first-order chi connectivity index (χ1) is 14.5. The summed E-state index contributed by atoms with van der Waals surface area (Å²) in [4.78, 5) is 14.8. The molecular formula is C24H21ClN4O. The summed E-state index contributed by atoms with van der Waals surface area (Å²) in [6.45, 7) is 5.23. The average Bonchev–Trinajstić information content (AvgIpc) is 3.46. The van der Waals surface area contributed by atoms with Crippen LogP contribution in [0.25, 0.3) is 11.5 Å². The van der Waals surface area contributed by atoms with Crippen LogP contribution in [-0.4, -0.2) is 25.2 Å². The quantitative estimate of drug-likeness (QED) is 0.467. The average molecular weight is 417 g/mol. The van der Waals surface area contributed by atoms with Crippen molar-refractivity contribution in [1.82, 2.24) is 19.2 Å². The summed E-state index contributed by atoms with van der Waals surface area (Å²) in [6.07, 6.45) is 4.02. The minimum atomic E-state index is -0.0131. The fourth-order valence-corrected chi connectivity index (χ4v) is 4.02. The van der Waals surface area contributed by atoms with E-state index in [1.807, 2.05) is 34.1 Å². The number of nitrogens with zero attached hydrogens (tertiary/aromatic N) is 4. The number of amides is 1. The monoisotopic (exact) mass is 416 g/mol. The number of hydrogen-bond donors (Lipinski definition) is 0. The fraction of sp³-hybridized carbons (Fsp3) is 0.167. The molecule has 0 aliphatic carbocycles. The van der Waals surface area contributed by atoms with Crippen LogP contribution in [0, 0.1) is 13.8 Å². The molecular weight excluding hydrogens is 396 g/mol. The van der Waals surface area contributed by atoms with Gasteiger partial charge >= 0.3 is 0 Å².